The summed E-state index contributed by atoms with van der Waals surface area (Å²) < 4.78 is 10.3. The first kappa shape index (κ1) is 15.9. The smallest absolute Gasteiger partial charge is 0.338 e. The number of esters is 1. The molecule has 0 bridgehead atoms. The molecular weight excluding hydrogens is 312 g/mol. The van der Waals surface area contributed by atoms with Crippen LogP contribution in [0.1, 0.15) is 40.2 Å². The van der Waals surface area contributed by atoms with Crippen molar-refractivity contribution in [2.45, 2.75) is 33.3 Å². The van der Waals surface area contributed by atoms with Gasteiger partial charge in [-0.3, -0.25) is 14.5 Å². The van der Waals surface area contributed by atoms with Crippen LogP contribution in [0.15, 0.2) is 28.8 Å². The number of imide groups is 1. The lowest BCUT2D eigenvalue weighted by molar-refractivity contribution is -0.121. The molecule has 7 heteroatoms. The van der Waals surface area contributed by atoms with E-state index in [0.717, 1.165) is 10.5 Å². The van der Waals surface area contributed by atoms with Gasteiger partial charge in [-0.05, 0) is 38.1 Å². The molecule has 0 atom stereocenters. The van der Waals surface area contributed by atoms with E-state index < -0.39 is 5.97 Å². The predicted molar refractivity (Wildman–Crippen MR) is 83.3 cm³/mol. The van der Waals surface area contributed by atoms with Gasteiger partial charge < -0.3 is 9.26 Å². The molecule has 1 aliphatic heterocycles. The van der Waals surface area contributed by atoms with Gasteiger partial charge in [0.1, 0.15) is 12.4 Å². The second kappa shape index (κ2) is 6.27. The van der Waals surface area contributed by atoms with Crippen molar-refractivity contribution in [3.63, 3.8) is 0 Å². The molecule has 2 heterocycles. The summed E-state index contributed by atoms with van der Waals surface area (Å²) in [6.07, 6.45) is 0.445. The second-order valence-corrected chi connectivity index (χ2v) is 5.55. The summed E-state index contributed by atoms with van der Waals surface area (Å²) in [4.78, 5) is 36.6. The molecule has 0 aliphatic carbocycles. The zero-order chi connectivity index (χ0) is 17.3. The molecule has 0 N–H and O–H groups in total. The number of nitrogens with zero attached hydrogens (tertiary/aromatic N) is 2. The van der Waals surface area contributed by atoms with Gasteiger partial charge >= 0.3 is 5.97 Å². The second-order valence-electron chi connectivity index (χ2n) is 5.55. The summed E-state index contributed by atoms with van der Waals surface area (Å²) in [6, 6.07) is 6.19. The molecule has 0 unspecified atom stereocenters. The molecule has 2 amide bonds. The lowest BCUT2D eigenvalue weighted by atomic mass is 10.2. The zero-order valence-corrected chi connectivity index (χ0v) is 13.4. The Bertz CT molecular complexity index is 771. The van der Waals surface area contributed by atoms with Crippen LogP contribution in [0.5, 0.6) is 0 Å². The largest absolute Gasteiger partial charge is 0.457 e. The first-order valence-corrected chi connectivity index (χ1v) is 7.52. The van der Waals surface area contributed by atoms with Gasteiger partial charge in [-0.15, -0.1) is 0 Å². The van der Waals surface area contributed by atoms with Crippen LogP contribution in [0.3, 0.4) is 0 Å². The van der Waals surface area contributed by atoms with Crippen LogP contribution in [0, 0.1) is 13.8 Å². The molecule has 7 nitrogen and oxygen atoms in total. The quantitative estimate of drug-likeness (QED) is 0.632. The van der Waals surface area contributed by atoms with Gasteiger partial charge in [0.25, 0.3) is 0 Å². The number of hydrogen-bond donors (Lipinski definition) is 0. The van der Waals surface area contributed by atoms with E-state index in [4.69, 9.17) is 9.26 Å². The average molecular weight is 328 g/mol. The molecule has 0 saturated carbocycles. The van der Waals surface area contributed by atoms with Gasteiger partial charge in [0.15, 0.2) is 0 Å². The third-order valence-corrected chi connectivity index (χ3v) is 3.94. The molecule has 0 spiro atoms. The highest BCUT2D eigenvalue weighted by Gasteiger charge is 2.30. The SMILES string of the molecule is Cc1noc(C)c1COC(=O)c1ccc(N2C(=O)CCC2=O)cc1. The molecule has 1 fully saturated rings. The van der Waals surface area contributed by atoms with E-state index in [1.165, 1.54) is 12.1 Å². The first-order valence-electron chi connectivity index (χ1n) is 7.52. The van der Waals surface area contributed by atoms with Gasteiger partial charge in [0.2, 0.25) is 11.8 Å². The first-order chi connectivity index (χ1) is 11.5. The molecule has 1 aromatic carbocycles. The summed E-state index contributed by atoms with van der Waals surface area (Å²) in [6.45, 7) is 3.60. The number of aryl methyl sites for hydroxylation is 2. The molecule has 24 heavy (non-hydrogen) atoms. The molecule has 0 radical (unpaired) electrons. The van der Waals surface area contributed by atoms with Crippen molar-refractivity contribution in [2.75, 3.05) is 4.90 Å². The fraction of sp³-hybridized carbons (Fsp3) is 0.294. The van der Waals surface area contributed by atoms with E-state index in [2.05, 4.69) is 5.16 Å². The molecule has 2 aromatic rings. The van der Waals surface area contributed by atoms with Crippen molar-refractivity contribution in [3.8, 4) is 0 Å². The van der Waals surface area contributed by atoms with Gasteiger partial charge in [-0.1, -0.05) is 5.16 Å². The Morgan fingerprint density at radius 2 is 1.79 bits per heavy atom. The van der Waals surface area contributed by atoms with E-state index in [1.807, 2.05) is 0 Å². The van der Waals surface area contributed by atoms with Crippen molar-refractivity contribution in [3.05, 3.63) is 46.8 Å². The van der Waals surface area contributed by atoms with Crippen LogP contribution in [0.4, 0.5) is 5.69 Å². The van der Waals surface area contributed by atoms with Crippen LogP contribution in [0.2, 0.25) is 0 Å². The molecule has 1 aliphatic rings. The number of benzene rings is 1. The molecule has 1 saturated heterocycles. The highest BCUT2D eigenvalue weighted by molar-refractivity contribution is 6.19. The number of carbonyl (C=O) groups is 3. The van der Waals surface area contributed by atoms with Crippen molar-refractivity contribution < 1.29 is 23.6 Å². The maximum absolute atomic E-state index is 12.1. The van der Waals surface area contributed by atoms with E-state index >= 15 is 0 Å². The van der Waals surface area contributed by atoms with Crippen LogP contribution < -0.4 is 4.90 Å². The minimum atomic E-state index is -0.499. The monoisotopic (exact) mass is 328 g/mol. The van der Waals surface area contributed by atoms with Crippen molar-refractivity contribution in [1.29, 1.82) is 0 Å². The van der Waals surface area contributed by atoms with Crippen LogP contribution in [-0.4, -0.2) is 22.9 Å². The number of aromatic nitrogens is 1. The van der Waals surface area contributed by atoms with Gasteiger partial charge in [-0.25, -0.2) is 4.79 Å². The molecule has 1 aromatic heterocycles. The lowest BCUT2D eigenvalue weighted by Gasteiger charge is -2.14. The number of hydrogen-bond acceptors (Lipinski definition) is 6. The molecule has 3 rings (SSSR count). The van der Waals surface area contributed by atoms with Crippen molar-refractivity contribution in [2.24, 2.45) is 0 Å². The Kier molecular flexibility index (Phi) is 4.16. The Morgan fingerprint density at radius 1 is 1.17 bits per heavy atom. The Morgan fingerprint density at radius 3 is 2.33 bits per heavy atom. The highest BCUT2D eigenvalue weighted by Crippen LogP contribution is 2.23. The Labute approximate surface area is 138 Å². The minimum absolute atomic E-state index is 0.0743. The number of carbonyl (C=O) groups excluding carboxylic acids is 3. The molecule has 124 valence electrons. The summed E-state index contributed by atoms with van der Waals surface area (Å²) in [5.74, 6) is -0.343. The predicted octanol–water partition coefficient (Wildman–Crippen LogP) is 2.30. The highest BCUT2D eigenvalue weighted by atomic mass is 16.5. The fourth-order valence-corrected chi connectivity index (χ4v) is 2.54. The van der Waals surface area contributed by atoms with Crippen molar-refractivity contribution >= 4 is 23.5 Å². The summed E-state index contributed by atoms with van der Waals surface area (Å²) in [7, 11) is 0. The maximum atomic E-state index is 12.1. The normalized spacial score (nSPS) is 14.3. The minimum Gasteiger partial charge on any atom is -0.457 e. The number of ether oxygens (including phenoxy) is 1. The summed E-state index contributed by atoms with van der Waals surface area (Å²) in [5.41, 5.74) is 2.23. The Balaban J connectivity index is 1.68. The van der Waals surface area contributed by atoms with E-state index in [9.17, 15) is 14.4 Å². The topological polar surface area (TPSA) is 89.7 Å². The van der Waals surface area contributed by atoms with Gasteiger partial charge in [0.05, 0.1) is 22.5 Å². The number of anilines is 1. The van der Waals surface area contributed by atoms with Gasteiger partial charge in [-0.2, -0.15) is 0 Å². The van der Waals surface area contributed by atoms with Crippen molar-refractivity contribution in [1.82, 2.24) is 5.16 Å². The number of amides is 2. The zero-order valence-electron chi connectivity index (χ0n) is 13.4. The lowest BCUT2D eigenvalue weighted by Crippen LogP contribution is -2.28. The summed E-state index contributed by atoms with van der Waals surface area (Å²) >= 11 is 0. The van der Waals surface area contributed by atoms with Crippen LogP contribution >= 0.6 is 0 Å². The fourth-order valence-electron chi connectivity index (χ4n) is 2.54. The number of rotatable bonds is 4. The third-order valence-electron chi connectivity index (χ3n) is 3.94. The Hall–Kier alpha value is -2.96. The van der Waals surface area contributed by atoms with E-state index in [-0.39, 0.29) is 31.3 Å². The van der Waals surface area contributed by atoms with E-state index in [1.54, 1.807) is 26.0 Å². The van der Waals surface area contributed by atoms with Crippen LogP contribution in [0.25, 0.3) is 0 Å². The summed E-state index contributed by atoms with van der Waals surface area (Å²) in [5, 5.41) is 3.80. The average Bonchev–Trinajstić information content (AvgIpc) is 3.07. The molecular formula is C17H16N2O5. The van der Waals surface area contributed by atoms with E-state index in [0.29, 0.717) is 22.7 Å². The maximum Gasteiger partial charge on any atom is 0.338 e. The van der Waals surface area contributed by atoms with Gasteiger partial charge in [0, 0.05) is 12.8 Å². The third kappa shape index (κ3) is 2.92. The van der Waals surface area contributed by atoms with Crippen LogP contribution in [-0.2, 0) is 20.9 Å². The standard InChI is InChI=1S/C17H16N2O5/c1-10-14(11(2)24-18-10)9-23-17(22)12-3-5-13(6-4-12)19-15(20)7-8-16(19)21/h3-6H,7-9H2,1-2H3.